The van der Waals surface area contributed by atoms with Crippen LogP contribution in [0.5, 0.6) is 0 Å². The molecule has 1 aliphatic rings. The van der Waals surface area contributed by atoms with Crippen LogP contribution in [0.15, 0.2) is 24.4 Å². The third kappa shape index (κ3) is 3.52. The lowest BCUT2D eigenvalue weighted by molar-refractivity contribution is 0.535. The van der Waals surface area contributed by atoms with Crippen molar-refractivity contribution in [3.63, 3.8) is 0 Å². The lowest BCUT2D eigenvalue weighted by atomic mass is 9.95. The maximum atomic E-state index is 11.9. The molecule has 2 heterocycles. The van der Waals surface area contributed by atoms with Gasteiger partial charge in [0.1, 0.15) is 5.69 Å². The summed E-state index contributed by atoms with van der Waals surface area (Å²) in [5.74, 6) is 0. The Balaban J connectivity index is 1.83. The number of aromatic nitrogens is 3. The molecule has 6 nitrogen and oxygen atoms in total. The van der Waals surface area contributed by atoms with Crippen molar-refractivity contribution < 1.29 is 8.42 Å². The van der Waals surface area contributed by atoms with Crippen LogP contribution in [0, 0.1) is 0 Å². The number of fused-ring (bicyclic) bond motifs is 1. The summed E-state index contributed by atoms with van der Waals surface area (Å²) in [6.07, 6.45) is 6.10. The van der Waals surface area contributed by atoms with Crippen LogP contribution in [-0.4, -0.2) is 35.0 Å². The van der Waals surface area contributed by atoms with Gasteiger partial charge in [0.05, 0.1) is 17.5 Å². The Morgan fingerprint density at radius 3 is 2.75 bits per heavy atom. The molecular weight excluding hydrogens is 324 g/mol. The summed E-state index contributed by atoms with van der Waals surface area (Å²) in [6.45, 7) is 4.26. The van der Waals surface area contributed by atoms with Gasteiger partial charge in [-0.1, -0.05) is 6.07 Å². The third-order valence-electron chi connectivity index (χ3n) is 4.41. The molecule has 1 N–H and O–H groups in total. The number of nitrogens with one attached hydrogen (secondary N) is 1. The second-order valence-corrected chi connectivity index (χ2v) is 8.73. The minimum Gasteiger partial charge on any atom is -0.267 e. The van der Waals surface area contributed by atoms with Crippen molar-refractivity contribution in [2.45, 2.75) is 51.3 Å². The van der Waals surface area contributed by atoms with E-state index in [2.05, 4.69) is 9.71 Å². The Kier molecular flexibility index (Phi) is 5.01. The fourth-order valence-corrected chi connectivity index (χ4v) is 3.73. The summed E-state index contributed by atoms with van der Waals surface area (Å²) in [5, 5.41) is 4.32. The van der Waals surface area contributed by atoms with Gasteiger partial charge in [-0.05, 0) is 51.7 Å². The molecule has 3 rings (SSSR count). The lowest BCUT2D eigenvalue weighted by Crippen LogP contribution is -2.33. The smallest absolute Gasteiger partial charge is 0.213 e. The zero-order chi connectivity index (χ0) is 17.2. The number of hydrogen-bond donors (Lipinski definition) is 1. The van der Waals surface area contributed by atoms with Crippen LogP contribution in [0.2, 0.25) is 0 Å². The monoisotopic (exact) mass is 348 g/mol. The van der Waals surface area contributed by atoms with E-state index in [1.165, 1.54) is 17.7 Å². The van der Waals surface area contributed by atoms with E-state index in [9.17, 15) is 8.42 Å². The van der Waals surface area contributed by atoms with Crippen LogP contribution < -0.4 is 4.72 Å². The number of hydrogen-bond acceptors (Lipinski definition) is 4. The number of rotatable bonds is 6. The second kappa shape index (κ2) is 7.03. The fraction of sp³-hybridized carbons (Fsp3) is 0.529. The van der Waals surface area contributed by atoms with Crippen molar-refractivity contribution in [2.75, 3.05) is 6.54 Å². The van der Waals surface area contributed by atoms with E-state index >= 15 is 0 Å². The second-order valence-electron chi connectivity index (χ2n) is 6.41. The van der Waals surface area contributed by atoms with Crippen molar-refractivity contribution in [1.29, 1.82) is 0 Å². The molecule has 130 valence electrons. The number of sulfonamides is 1. The normalized spacial score (nSPS) is 14.8. The molecule has 2 aromatic rings. The Morgan fingerprint density at radius 2 is 2.04 bits per heavy atom. The fourth-order valence-electron chi connectivity index (χ4n) is 3.02. The van der Waals surface area contributed by atoms with Crippen molar-refractivity contribution >= 4 is 10.0 Å². The summed E-state index contributed by atoms with van der Waals surface area (Å²) in [6, 6.07) is 5.84. The topological polar surface area (TPSA) is 76.9 Å². The average molecular weight is 348 g/mol. The van der Waals surface area contributed by atoms with Gasteiger partial charge >= 0.3 is 0 Å². The van der Waals surface area contributed by atoms with Crippen molar-refractivity contribution in [3.8, 4) is 11.4 Å². The highest BCUT2D eigenvalue weighted by Crippen LogP contribution is 2.30. The summed E-state index contributed by atoms with van der Waals surface area (Å²) in [7, 11) is -3.24. The molecule has 0 aliphatic heterocycles. The molecular formula is C17H24N4O2S. The molecule has 7 heteroatoms. The van der Waals surface area contributed by atoms with E-state index in [4.69, 9.17) is 5.10 Å². The van der Waals surface area contributed by atoms with Gasteiger partial charge in [-0.25, -0.2) is 13.1 Å². The molecule has 0 bridgehead atoms. The first-order chi connectivity index (χ1) is 11.5. The van der Waals surface area contributed by atoms with Gasteiger partial charge in [-0.15, -0.1) is 0 Å². The molecule has 0 radical (unpaired) electrons. The lowest BCUT2D eigenvalue weighted by Gasteiger charge is -2.15. The molecule has 0 saturated carbocycles. The molecule has 2 aromatic heterocycles. The molecule has 0 atom stereocenters. The summed E-state index contributed by atoms with van der Waals surface area (Å²) < 4.78 is 28.4. The van der Waals surface area contributed by atoms with E-state index in [1.807, 2.05) is 22.9 Å². The molecule has 0 spiro atoms. The van der Waals surface area contributed by atoms with Gasteiger partial charge in [0.15, 0.2) is 0 Å². The first kappa shape index (κ1) is 17.1. The van der Waals surface area contributed by atoms with E-state index in [-0.39, 0.29) is 0 Å². The highest BCUT2D eigenvalue weighted by molar-refractivity contribution is 7.90. The van der Waals surface area contributed by atoms with E-state index in [1.54, 1.807) is 20.0 Å². The largest absolute Gasteiger partial charge is 0.267 e. The van der Waals surface area contributed by atoms with Crippen LogP contribution in [-0.2, 0) is 29.4 Å². The predicted octanol–water partition coefficient (Wildman–Crippen LogP) is 2.15. The molecule has 0 aromatic carbocycles. The summed E-state index contributed by atoms with van der Waals surface area (Å²) in [4.78, 5) is 4.43. The van der Waals surface area contributed by atoms with Crippen molar-refractivity contribution in [1.82, 2.24) is 19.5 Å². The molecule has 0 saturated heterocycles. The third-order valence-corrected chi connectivity index (χ3v) is 6.26. The van der Waals surface area contributed by atoms with E-state index < -0.39 is 15.3 Å². The molecule has 0 unspecified atom stereocenters. The molecule has 0 amide bonds. The number of nitrogens with zero attached hydrogens (tertiary/aromatic N) is 3. The zero-order valence-electron chi connectivity index (χ0n) is 14.2. The van der Waals surface area contributed by atoms with Gasteiger partial charge in [0.25, 0.3) is 0 Å². The van der Waals surface area contributed by atoms with Crippen LogP contribution in [0.3, 0.4) is 0 Å². The highest BCUT2D eigenvalue weighted by Gasteiger charge is 2.22. The van der Waals surface area contributed by atoms with Crippen molar-refractivity contribution in [3.05, 3.63) is 35.7 Å². The quantitative estimate of drug-likeness (QED) is 0.868. The van der Waals surface area contributed by atoms with Crippen LogP contribution in [0.1, 0.15) is 37.9 Å². The van der Waals surface area contributed by atoms with Gasteiger partial charge in [-0.2, -0.15) is 5.10 Å². The van der Waals surface area contributed by atoms with E-state index in [0.717, 1.165) is 30.7 Å². The van der Waals surface area contributed by atoms with Gasteiger partial charge in [0.2, 0.25) is 10.0 Å². The van der Waals surface area contributed by atoms with Crippen LogP contribution >= 0.6 is 0 Å². The van der Waals surface area contributed by atoms with Crippen molar-refractivity contribution in [2.24, 2.45) is 0 Å². The Morgan fingerprint density at radius 1 is 1.25 bits per heavy atom. The predicted molar refractivity (Wildman–Crippen MR) is 94.2 cm³/mol. The van der Waals surface area contributed by atoms with Gasteiger partial charge in [-0.3, -0.25) is 9.67 Å². The first-order valence-electron chi connectivity index (χ1n) is 8.47. The Labute approximate surface area is 143 Å². The highest BCUT2D eigenvalue weighted by atomic mass is 32.2. The minimum atomic E-state index is -3.24. The van der Waals surface area contributed by atoms with Gasteiger partial charge < -0.3 is 0 Å². The summed E-state index contributed by atoms with van der Waals surface area (Å²) in [5.41, 5.74) is 4.33. The zero-order valence-corrected chi connectivity index (χ0v) is 15.0. The molecule has 1 aliphatic carbocycles. The Bertz CT molecular complexity index is 797. The molecule has 0 fully saturated rings. The maximum Gasteiger partial charge on any atom is 0.213 e. The Hall–Kier alpha value is -1.73. The minimum absolute atomic E-state index is 0.357. The van der Waals surface area contributed by atoms with Gasteiger partial charge in [0, 0.05) is 24.0 Å². The SMILES string of the molecule is CC(C)S(=O)(=O)NCCn1nc(-c2ccccn2)c2c1CCCC2. The molecule has 24 heavy (non-hydrogen) atoms. The number of pyridine rings is 1. The van der Waals surface area contributed by atoms with Crippen LogP contribution in [0.25, 0.3) is 11.4 Å². The van der Waals surface area contributed by atoms with E-state index in [0.29, 0.717) is 13.1 Å². The first-order valence-corrected chi connectivity index (χ1v) is 10.0. The maximum absolute atomic E-state index is 11.9. The summed E-state index contributed by atoms with van der Waals surface area (Å²) >= 11 is 0. The standard InChI is InChI=1S/C17H24N4O2S/c1-13(2)24(22,23)19-11-12-21-16-9-4-3-7-14(16)17(20-21)15-8-5-6-10-18-15/h5-6,8,10,13,19H,3-4,7,9,11-12H2,1-2H3. The van der Waals surface area contributed by atoms with Crippen LogP contribution in [0.4, 0.5) is 0 Å². The average Bonchev–Trinajstić information content (AvgIpc) is 2.94.